The summed E-state index contributed by atoms with van der Waals surface area (Å²) in [6, 6.07) is 17.0. The molecule has 225 valence electrons. The van der Waals surface area contributed by atoms with Crippen LogP contribution >= 0.6 is 0 Å². The van der Waals surface area contributed by atoms with Crippen LogP contribution in [-0.2, 0) is 68.5 Å². The fourth-order valence-corrected chi connectivity index (χ4v) is 3.32. The Kier molecular flexibility index (Phi) is 15.6. The number of carbonyl (C=O) groups is 6. The Morgan fingerprint density at radius 1 is 0.488 bits per heavy atom. The third kappa shape index (κ3) is 13.1. The van der Waals surface area contributed by atoms with Crippen LogP contribution in [0.15, 0.2) is 60.7 Å². The maximum Gasteiger partial charge on any atom is 2.00 e. The van der Waals surface area contributed by atoms with Gasteiger partial charge in [-0.1, -0.05) is 60.7 Å². The smallest absolute Gasteiger partial charge is 0.481 e. The minimum absolute atomic E-state index is 0. The molecule has 0 bridgehead atoms. The second-order valence-electron chi connectivity index (χ2n) is 8.43. The molecule has 2 aromatic rings. The summed E-state index contributed by atoms with van der Waals surface area (Å²) in [6.07, 6.45) is -3.72. The number of hydrogen-bond donors (Lipinski definition) is 6. The molecule has 0 saturated carbocycles. The molecule has 0 amide bonds. The van der Waals surface area contributed by atoms with E-state index in [0.29, 0.717) is 11.1 Å². The van der Waals surface area contributed by atoms with E-state index < -0.39 is 72.7 Å². The van der Waals surface area contributed by atoms with E-state index in [4.69, 9.17) is 40.1 Å². The zero-order valence-corrected chi connectivity index (χ0v) is 22.2. The van der Waals surface area contributed by atoms with Gasteiger partial charge >= 0.3 is 52.9 Å². The number of aliphatic carboxylic acids is 6. The number of hydrogen-bond acceptors (Lipinski definition) is 8. The molecule has 2 rings (SSSR count). The summed E-state index contributed by atoms with van der Waals surface area (Å²) in [6.45, 7) is -0.374. The van der Waals surface area contributed by atoms with Crippen LogP contribution in [-0.4, -0.2) is 77.7 Å². The molecule has 2 aromatic carbocycles. The number of rotatable bonds is 16. The van der Waals surface area contributed by atoms with E-state index in [1.165, 1.54) is 0 Å². The summed E-state index contributed by atoms with van der Waals surface area (Å²) in [5, 5.41) is 53.4. The van der Waals surface area contributed by atoms with Gasteiger partial charge in [-0.2, -0.15) is 0 Å². The third-order valence-corrected chi connectivity index (χ3v) is 5.24. The number of carboxylic acid groups (broad SMARTS) is 6. The van der Waals surface area contributed by atoms with Crippen LogP contribution in [0.5, 0.6) is 0 Å². The molecule has 0 unspecified atom stereocenters. The summed E-state index contributed by atoms with van der Waals surface area (Å²) in [4.78, 5) is 65.6. The molecule has 0 heterocycles. The van der Waals surface area contributed by atoms with E-state index >= 15 is 0 Å². The van der Waals surface area contributed by atoms with Crippen molar-refractivity contribution in [3.05, 3.63) is 71.8 Å². The van der Waals surface area contributed by atoms with Crippen LogP contribution in [0.3, 0.4) is 0 Å². The van der Waals surface area contributed by atoms with Crippen LogP contribution in [0.1, 0.15) is 36.8 Å². The largest absolute Gasteiger partial charge is 2.00 e. The van der Waals surface area contributed by atoms with E-state index in [2.05, 4.69) is 0 Å². The molecule has 0 atom stereocenters. The van der Waals surface area contributed by atoms with Crippen LogP contribution in [0.25, 0.3) is 0 Å². The zero-order valence-electron chi connectivity index (χ0n) is 21.3. The van der Waals surface area contributed by atoms with Gasteiger partial charge in [-0.25, -0.2) is 9.59 Å². The van der Waals surface area contributed by atoms with Gasteiger partial charge < -0.3 is 40.1 Å². The first-order valence-corrected chi connectivity index (χ1v) is 11.4. The zero-order chi connectivity index (χ0) is 30.3. The molecule has 0 fully saturated rings. The Morgan fingerprint density at radius 2 is 0.732 bits per heavy atom. The molecule has 15 heteroatoms. The Bertz CT molecular complexity index is 1060. The second kappa shape index (κ2) is 17.4. The number of carboxylic acids is 6. The molecular weight excluding hydrogens is 600 g/mol. The third-order valence-electron chi connectivity index (χ3n) is 5.24. The molecule has 1 radical (unpaired) electrons. The number of ether oxygens (including phenoxy) is 2. The molecule has 0 aromatic heterocycles. The van der Waals surface area contributed by atoms with Crippen LogP contribution in [0.2, 0.25) is 0 Å². The van der Waals surface area contributed by atoms with Gasteiger partial charge in [-0.15, -0.1) is 0 Å². The quantitative estimate of drug-likeness (QED) is 0.146. The molecule has 0 spiro atoms. The van der Waals surface area contributed by atoms with Crippen molar-refractivity contribution in [2.45, 2.75) is 50.1 Å². The first kappa shape index (κ1) is 36.7. The van der Waals surface area contributed by atoms with Gasteiger partial charge in [-0.05, 0) is 11.1 Å². The monoisotopic (exact) mass is 627 g/mol. The number of benzene rings is 2. The maximum absolute atomic E-state index is 11.3. The van der Waals surface area contributed by atoms with Crippen molar-refractivity contribution in [2.75, 3.05) is 0 Å². The van der Waals surface area contributed by atoms with Crippen LogP contribution < -0.4 is 0 Å². The topological polar surface area (TPSA) is 242 Å². The first-order chi connectivity index (χ1) is 18.7. The van der Waals surface area contributed by atoms with Gasteiger partial charge in [0.15, 0.2) is 11.2 Å². The minimum Gasteiger partial charge on any atom is -0.481 e. The molecule has 0 aliphatic heterocycles. The van der Waals surface area contributed by atoms with Crippen molar-refractivity contribution in [1.29, 1.82) is 0 Å². The summed E-state index contributed by atoms with van der Waals surface area (Å²) >= 11 is 0. The van der Waals surface area contributed by atoms with Gasteiger partial charge in [0.1, 0.15) is 0 Å². The van der Waals surface area contributed by atoms with Crippen molar-refractivity contribution in [1.82, 2.24) is 0 Å². The predicted octanol–water partition coefficient (Wildman–Crippen LogP) is 1.95. The molecule has 0 saturated heterocycles. The van der Waals surface area contributed by atoms with Gasteiger partial charge in [-0.3, -0.25) is 19.2 Å². The molecule has 14 nitrogen and oxygen atoms in total. The van der Waals surface area contributed by atoms with Crippen molar-refractivity contribution >= 4 is 35.8 Å². The molecule has 41 heavy (non-hydrogen) atoms. The molecular formula is C26H28CuO14+2. The van der Waals surface area contributed by atoms with E-state index in [9.17, 15) is 28.8 Å². The Labute approximate surface area is 243 Å². The Balaban J connectivity index is 0.000000762. The second-order valence-corrected chi connectivity index (χ2v) is 8.43. The van der Waals surface area contributed by atoms with Crippen molar-refractivity contribution in [3.63, 3.8) is 0 Å². The standard InChI is InChI=1S/2C13H14O7.Cu/c2*14-10(15)6-13(12(18)19,7-11(16)17)20-8-9-4-2-1-3-5-9;/h2*1-5H,6-8H2,(H,14,15)(H,16,17)(H,18,19);/q;;+2. The van der Waals surface area contributed by atoms with E-state index in [1.807, 2.05) is 0 Å². The van der Waals surface area contributed by atoms with E-state index in [1.54, 1.807) is 60.7 Å². The summed E-state index contributed by atoms with van der Waals surface area (Å²) in [5.74, 6) is -9.00. The van der Waals surface area contributed by atoms with Crippen molar-refractivity contribution < 1.29 is 85.9 Å². The van der Waals surface area contributed by atoms with Crippen LogP contribution in [0.4, 0.5) is 0 Å². The average Bonchev–Trinajstić information content (AvgIpc) is 2.86. The minimum atomic E-state index is -2.28. The van der Waals surface area contributed by atoms with E-state index in [-0.39, 0.29) is 30.3 Å². The summed E-state index contributed by atoms with van der Waals surface area (Å²) in [5.41, 5.74) is -3.33. The van der Waals surface area contributed by atoms with E-state index in [0.717, 1.165) is 0 Å². The normalized spacial score (nSPS) is 10.7. The van der Waals surface area contributed by atoms with Gasteiger partial charge in [0, 0.05) is 0 Å². The predicted molar refractivity (Wildman–Crippen MR) is 132 cm³/mol. The van der Waals surface area contributed by atoms with Crippen LogP contribution in [0, 0.1) is 0 Å². The molecule has 0 aliphatic carbocycles. The van der Waals surface area contributed by atoms with Crippen molar-refractivity contribution in [3.8, 4) is 0 Å². The molecule has 6 N–H and O–H groups in total. The molecule has 0 aliphatic rings. The maximum atomic E-state index is 11.3. The van der Waals surface area contributed by atoms with Gasteiger partial charge in [0.05, 0.1) is 38.9 Å². The first-order valence-electron chi connectivity index (χ1n) is 11.4. The Morgan fingerprint density at radius 3 is 0.927 bits per heavy atom. The fourth-order valence-electron chi connectivity index (χ4n) is 3.32. The fraction of sp³-hybridized carbons (Fsp3) is 0.308. The SMILES string of the molecule is O=C(O)CC(CC(=O)O)(OCc1ccccc1)C(=O)O.O=C(O)CC(CC(=O)O)(OCc1ccccc1)C(=O)O.[Cu+2]. The van der Waals surface area contributed by atoms with Crippen molar-refractivity contribution in [2.24, 2.45) is 0 Å². The average molecular weight is 628 g/mol. The summed E-state index contributed by atoms with van der Waals surface area (Å²) < 4.78 is 10.3. The summed E-state index contributed by atoms with van der Waals surface area (Å²) in [7, 11) is 0. The van der Waals surface area contributed by atoms with Gasteiger partial charge in [0.2, 0.25) is 0 Å². The Hall–Kier alpha value is -4.30. The van der Waals surface area contributed by atoms with Gasteiger partial charge in [0.25, 0.3) is 0 Å².